The largest absolute Gasteiger partial charge is 0.394 e. The summed E-state index contributed by atoms with van der Waals surface area (Å²) in [6.07, 6.45) is 5.89. The lowest BCUT2D eigenvalue weighted by atomic mass is 10.2. The van der Waals surface area contributed by atoms with Gasteiger partial charge in [-0.15, -0.1) is 24.0 Å². The van der Waals surface area contributed by atoms with Crippen molar-refractivity contribution in [2.45, 2.75) is 11.3 Å². The smallest absolute Gasteiger partial charge is 0.147 e. The Morgan fingerprint density at radius 3 is 2.92 bits per heavy atom. The average Bonchev–Trinajstić information content (AvgIpc) is 2.54. The van der Waals surface area contributed by atoms with Crippen molar-refractivity contribution in [1.82, 2.24) is 10.3 Å². The highest BCUT2D eigenvalue weighted by atomic mass is 32.2. The highest BCUT2D eigenvalue weighted by molar-refractivity contribution is 7.82. The first kappa shape index (κ1) is 10.3. The molecule has 4 heteroatoms. The Labute approximate surface area is 87.8 Å². The molecule has 1 aromatic rings. The van der Waals surface area contributed by atoms with Crippen molar-refractivity contribution in [3.05, 3.63) is 29.4 Å². The fraction of sp³-hybridized carbons (Fsp3) is 0.222. The van der Waals surface area contributed by atoms with Crippen LogP contribution in [0.2, 0.25) is 0 Å². The summed E-state index contributed by atoms with van der Waals surface area (Å²) in [5.74, 6) is 0. The van der Waals surface area contributed by atoms with Crippen molar-refractivity contribution in [3.8, 4) is 0 Å². The SMILES string of the molecule is C/C=C(\C=C/NC)c1csc(S)n1. The summed E-state index contributed by atoms with van der Waals surface area (Å²) in [7, 11) is 1.87. The average molecular weight is 212 g/mol. The van der Waals surface area contributed by atoms with Crippen molar-refractivity contribution in [3.63, 3.8) is 0 Å². The highest BCUT2D eigenvalue weighted by Crippen LogP contribution is 2.20. The van der Waals surface area contributed by atoms with Crippen LogP contribution in [0.5, 0.6) is 0 Å². The van der Waals surface area contributed by atoms with E-state index in [1.165, 1.54) is 11.3 Å². The number of aromatic nitrogens is 1. The zero-order valence-corrected chi connectivity index (χ0v) is 9.32. The Hall–Kier alpha value is -0.740. The second-order valence-electron chi connectivity index (χ2n) is 2.38. The highest BCUT2D eigenvalue weighted by Gasteiger charge is 2.00. The molecule has 0 saturated carbocycles. The molecule has 0 saturated heterocycles. The number of allylic oxidation sites excluding steroid dienone is 3. The molecular formula is C9H12N2S2. The van der Waals surface area contributed by atoms with Crippen LogP contribution < -0.4 is 5.32 Å². The van der Waals surface area contributed by atoms with Crippen LogP contribution in [0.15, 0.2) is 28.1 Å². The first-order valence-corrected chi connectivity index (χ1v) is 5.25. The number of thiazole rings is 1. The van der Waals surface area contributed by atoms with Gasteiger partial charge in [0.1, 0.15) is 4.34 Å². The van der Waals surface area contributed by atoms with Crippen molar-refractivity contribution >= 4 is 29.5 Å². The third kappa shape index (κ3) is 2.90. The molecular weight excluding hydrogens is 200 g/mol. The summed E-state index contributed by atoms with van der Waals surface area (Å²) < 4.78 is 0.798. The minimum absolute atomic E-state index is 0.798. The molecule has 1 aromatic heterocycles. The first-order valence-electron chi connectivity index (χ1n) is 3.93. The van der Waals surface area contributed by atoms with Crippen LogP contribution in [0.3, 0.4) is 0 Å². The minimum atomic E-state index is 0.798. The van der Waals surface area contributed by atoms with E-state index in [1.54, 1.807) is 0 Å². The van der Waals surface area contributed by atoms with Crippen molar-refractivity contribution in [1.29, 1.82) is 0 Å². The summed E-state index contributed by atoms with van der Waals surface area (Å²) in [5.41, 5.74) is 2.08. The zero-order valence-electron chi connectivity index (χ0n) is 7.61. The predicted octanol–water partition coefficient (Wildman–Crippen LogP) is 2.57. The molecule has 0 unspecified atom stereocenters. The van der Waals surface area contributed by atoms with Gasteiger partial charge in [-0.2, -0.15) is 0 Å². The Morgan fingerprint density at radius 2 is 2.46 bits per heavy atom. The second kappa shape index (κ2) is 5.09. The molecule has 0 fully saturated rings. The fourth-order valence-corrected chi connectivity index (χ4v) is 1.72. The van der Waals surface area contributed by atoms with E-state index in [-0.39, 0.29) is 0 Å². The van der Waals surface area contributed by atoms with Gasteiger partial charge in [-0.25, -0.2) is 4.98 Å². The molecule has 0 bridgehead atoms. The zero-order chi connectivity index (χ0) is 9.68. The molecule has 0 atom stereocenters. The van der Waals surface area contributed by atoms with Gasteiger partial charge in [0, 0.05) is 12.4 Å². The molecule has 0 spiro atoms. The van der Waals surface area contributed by atoms with Gasteiger partial charge in [-0.05, 0) is 24.8 Å². The van der Waals surface area contributed by atoms with Crippen LogP contribution in [0, 0.1) is 0 Å². The lowest BCUT2D eigenvalue weighted by Crippen LogP contribution is -1.91. The normalized spacial score (nSPS) is 12.4. The molecule has 2 nitrogen and oxygen atoms in total. The van der Waals surface area contributed by atoms with Gasteiger partial charge >= 0.3 is 0 Å². The number of hydrogen-bond donors (Lipinski definition) is 2. The number of hydrogen-bond acceptors (Lipinski definition) is 4. The molecule has 0 radical (unpaired) electrons. The van der Waals surface area contributed by atoms with Crippen molar-refractivity contribution in [2.24, 2.45) is 0 Å². The third-order valence-electron chi connectivity index (χ3n) is 1.53. The summed E-state index contributed by atoms with van der Waals surface area (Å²) in [4.78, 5) is 4.27. The molecule has 0 amide bonds. The van der Waals surface area contributed by atoms with Gasteiger partial charge < -0.3 is 5.32 Å². The molecule has 1 rings (SSSR count). The Balaban J connectivity index is 2.86. The maximum absolute atomic E-state index is 4.27. The van der Waals surface area contributed by atoms with Crippen LogP contribution in [0.25, 0.3) is 5.57 Å². The molecule has 1 N–H and O–H groups in total. The molecule has 1 heterocycles. The molecule has 0 aliphatic heterocycles. The third-order valence-corrected chi connectivity index (χ3v) is 2.59. The van der Waals surface area contributed by atoms with Crippen molar-refractivity contribution < 1.29 is 0 Å². The quantitative estimate of drug-likeness (QED) is 0.594. The van der Waals surface area contributed by atoms with E-state index in [9.17, 15) is 0 Å². The first-order chi connectivity index (χ1) is 6.27. The second-order valence-corrected chi connectivity index (χ2v) is 3.97. The van der Waals surface area contributed by atoms with E-state index in [0.29, 0.717) is 0 Å². The van der Waals surface area contributed by atoms with Crippen LogP contribution >= 0.6 is 24.0 Å². The van der Waals surface area contributed by atoms with Crippen molar-refractivity contribution in [2.75, 3.05) is 7.05 Å². The molecule has 70 valence electrons. The van der Waals surface area contributed by atoms with Gasteiger partial charge in [0.25, 0.3) is 0 Å². The Morgan fingerprint density at radius 1 is 1.69 bits per heavy atom. The summed E-state index contributed by atoms with van der Waals surface area (Å²) in [5, 5.41) is 4.94. The van der Waals surface area contributed by atoms with E-state index in [4.69, 9.17) is 0 Å². The van der Waals surface area contributed by atoms with Gasteiger partial charge in [-0.1, -0.05) is 6.08 Å². The minimum Gasteiger partial charge on any atom is -0.394 e. The predicted molar refractivity (Wildman–Crippen MR) is 61.2 cm³/mol. The van der Waals surface area contributed by atoms with E-state index in [2.05, 4.69) is 22.9 Å². The van der Waals surface area contributed by atoms with Gasteiger partial charge in [-0.3, -0.25) is 0 Å². The van der Waals surface area contributed by atoms with Gasteiger partial charge in [0.05, 0.1) is 5.69 Å². The lowest BCUT2D eigenvalue weighted by molar-refractivity contribution is 1.10. The van der Waals surface area contributed by atoms with Crippen LogP contribution in [-0.2, 0) is 0 Å². The maximum Gasteiger partial charge on any atom is 0.147 e. The van der Waals surface area contributed by atoms with Gasteiger partial charge in [0.2, 0.25) is 0 Å². The van der Waals surface area contributed by atoms with Gasteiger partial charge in [0.15, 0.2) is 0 Å². The molecule has 0 aliphatic rings. The standard InChI is InChI=1S/C9H12N2S2/c1-3-7(4-5-10-2)8-6-13-9(12)11-8/h3-6,10H,1-2H3,(H,11,12)/b5-4-,7-3+. The number of nitrogens with one attached hydrogen (secondary N) is 1. The maximum atomic E-state index is 4.27. The van der Waals surface area contributed by atoms with E-state index >= 15 is 0 Å². The molecule has 0 aromatic carbocycles. The fourth-order valence-electron chi connectivity index (χ4n) is 0.899. The molecule has 0 aliphatic carbocycles. The molecule has 13 heavy (non-hydrogen) atoms. The lowest BCUT2D eigenvalue weighted by Gasteiger charge is -1.95. The number of rotatable bonds is 3. The van der Waals surface area contributed by atoms with Crippen LogP contribution in [-0.4, -0.2) is 12.0 Å². The summed E-state index contributed by atoms with van der Waals surface area (Å²) >= 11 is 5.71. The monoisotopic (exact) mass is 212 g/mol. The van der Waals surface area contributed by atoms with E-state index in [0.717, 1.165) is 15.6 Å². The number of nitrogens with zero attached hydrogens (tertiary/aromatic N) is 1. The Bertz CT molecular complexity index is 326. The van der Waals surface area contributed by atoms with E-state index < -0.39 is 0 Å². The summed E-state index contributed by atoms with van der Waals surface area (Å²) in [6.45, 7) is 1.99. The number of thiol groups is 1. The topological polar surface area (TPSA) is 24.9 Å². The van der Waals surface area contributed by atoms with Crippen LogP contribution in [0.4, 0.5) is 0 Å². The Kier molecular flexibility index (Phi) is 4.05. The van der Waals surface area contributed by atoms with E-state index in [1.807, 2.05) is 37.7 Å². The summed E-state index contributed by atoms with van der Waals surface area (Å²) in [6, 6.07) is 0. The van der Waals surface area contributed by atoms with Crippen LogP contribution in [0.1, 0.15) is 12.6 Å².